The fourth-order valence-electron chi connectivity index (χ4n) is 4.29. The third-order valence-electron chi connectivity index (χ3n) is 5.34. The molecule has 24 heavy (non-hydrogen) atoms. The number of hydrogen-bond acceptors (Lipinski definition) is 4. The molecule has 2 N–H and O–H groups in total. The molecule has 3 aliphatic rings. The molecule has 0 amide bonds. The van der Waals surface area contributed by atoms with E-state index in [1.165, 1.54) is 0 Å². The van der Waals surface area contributed by atoms with Gasteiger partial charge in [0, 0.05) is 35.8 Å². The molecule has 2 saturated heterocycles. The maximum absolute atomic E-state index is 12.5. The van der Waals surface area contributed by atoms with Crippen LogP contribution >= 0.6 is 0 Å². The van der Waals surface area contributed by atoms with Crippen molar-refractivity contribution < 1.29 is 9.53 Å². The van der Waals surface area contributed by atoms with Crippen LogP contribution in [0.15, 0.2) is 48.5 Å². The molecule has 4 nitrogen and oxygen atoms in total. The number of benzene rings is 2. The Morgan fingerprint density at radius 2 is 1.96 bits per heavy atom. The molecule has 1 saturated carbocycles. The van der Waals surface area contributed by atoms with Gasteiger partial charge in [0.1, 0.15) is 11.5 Å². The van der Waals surface area contributed by atoms with Gasteiger partial charge in [0.15, 0.2) is 0 Å². The number of fused-ring (bicyclic) bond motifs is 3. The summed E-state index contributed by atoms with van der Waals surface area (Å²) >= 11 is 0. The standard InChI is InChI=1S/C20H22N2O2/c1-24-17-7-3-6-15(11-17)22-16-8-9-18(19(23)12-16)20(22)13-4-2-5-14(21)10-13/h2-7,10-11,16,18,20H,8-9,12,21H2,1H3. The van der Waals surface area contributed by atoms with E-state index in [0.717, 1.165) is 35.5 Å². The normalized spacial score (nSPS) is 25.8. The number of Topliss-reactive ketones (excluding diaryl/α,β-unsaturated/α-hetero) is 1. The summed E-state index contributed by atoms with van der Waals surface area (Å²) in [5, 5.41) is 0. The fourth-order valence-corrected chi connectivity index (χ4v) is 4.29. The van der Waals surface area contributed by atoms with Crippen molar-refractivity contribution in [3.05, 3.63) is 54.1 Å². The molecule has 124 valence electrons. The molecular formula is C20H22N2O2. The number of carbonyl (C=O) groups excluding carboxylic acids is 1. The van der Waals surface area contributed by atoms with Crippen molar-refractivity contribution in [3.8, 4) is 5.75 Å². The third kappa shape index (κ3) is 2.42. The van der Waals surface area contributed by atoms with Gasteiger partial charge in [-0.15, -0.1) is 0 Å². The average Bonchev–Trinajstić information content (AvgIpc) is 2.61. The van der Waals surface area contributed by atoms with Crippen LogP contribution in [0.4, 0.5) is 11.4 Å². The summed E-state index contributed by atoms with van der Waals surface area (Å²) < 4.78 is 5.39. The molecule has 2 aromatic rings. The first-order valence-electron chi connectivity index (χ1n) is 8.48. The summed E-state index contributed by atoms with van der Waals surface area (Å²) in [6, 6.07) is 16.4. The fraction of sp³-hybridized carbons (Fsp3) is 0.350. The lowest BCUT2D eigenvalue weighted by Crippen LogP contribution is -2.54. The number of nitrogens with zero attached hydrogens (tertiary/aromatic N) is 1. The summed E-state index contributed by atoms with van der Waals surface area (Å²) in [6.45, 7) is 0. The second-order valence-electron chi connectivity index (χ2n) is 6.73. The molecular weight excluding hydrogens is 300 g/mol. The maximum Gasteiger partial charge on any atom is 0.140 e. The molecule has 0 spiro atoms. The Balaban J connectivity index is 1.81. The Labute approximate surface area is 142 Å². The van der Waals surface area contributed by atoms with Gasteiger partial charge in [-0.2, -0.15) is 0 Å². The largest absolute Gasteiger partial charge is 0.497 e. The average molecular weight is 322 g/mol. The zero-order valence-corrected chi connectivity index (χ0v) is 13.8. The third-order valence-corrected chi connectivity index (χ3v) is 5.34. The van der Waals surface area contributed by atoms with E-state index < -0.39 is 0 Å². The number of anilines is 2. The van der Waals surface area contributed by atoms with E-state index in [1.807, 2.05) is 30.3 Å². The minimum atomic E-state index is 0.0444. The van der Waals surface area contributed by atoms with Crippen LogP contribution in [-0.2, 0) is 4.79 Å². The second-order valence-corrected chi connectivity index (χ2v) is 6.73. The molecule has 4 heteroatoms. The van der Waals surface area contributed by atoms with Crippen molar-refractivity contribution in [1.82, 2.24) is 0 Å². The Kier molecular flexibility index (Phi) is 3.68. The summed E-state index contributed by atoms with van der Waals surface area (Å²) in [7, 11) is 1.68. The monoisotopic (exact) mass is 322 g/mol. The molecule has 2 heterocycles. The van der Waals surface area contributed by atoms with Gasteiger partial charge < -0.3 is 15.4 Å². The lowest BCUT2D eigenvalue weighted by Gasteiger charge is -2.52. The van der Waals surface area contributed by atoms with Crippen molar-refractivity contribution in [2.24, 2.45) is 5.92 Å². The Hall–Kier alpha value is -2.49. The summed E-state index contributed by atoms with van der Waals surface area (Å²) in [5.41, 5.74) is 8.99. The van der Waals surface area contributed by atoms with Gasteiger partial charge in [0.05, 0.1) is 13.2 Å². The Morgan fingerprint density at radius 1 is 1.12 bits per heavy atom. The van der Waals surface area contributed by atoms with Crippen molar-refractivity contribution in [2.75, 3.05) is 17.7 Å². The van der Waals surface area contributed by atoms with Crippen molar-refractivity contribution in [2.45, 2.75) is 31.3 Å². The predicted octanol–water partition coefficient (Wildman–Crippen LogP) is 3.58. The number of rotatable bonds is 3. The quantitative estimate of drug-likeness (QED) is 0.878. The van der Waals surface area contributed by atoms with Gasteiger partial charge in [0.25, 0.3) is 0 Å². The molecule has 2 aromatic carbocycles. The summed E-state index contributed by atoms with van der Waals surface area (Å²) in [6.07, 6.45) is 2.66. The zero-order valence-electron chi connectivity index (χ0n) is 13.8. The first-order valence-corrected chi connectivity index (χ1v) is 8.48. The molecule has 5 rings (SSSR count). The van der Waals surface area contributed by atoms with Gasteiger partial charge >= 0.3 is 0 Å². The van der Waals surface area contributed by atoms with E-state index in [-0.39, 0.29) is 18.0 Å². The highest BCUT2D eigenvalue weighted by Crippen LogP contribution is 2.48. The van der Waals surface area contributed by atoms with Gasteiger partial charge in [-0.05, 0) is 42.7 Å². The highest BCUT2D eigenvalue weighted by molar-refractivity contribution is 5.86. The van der Waals surface area contributed by atoms with Crippen LogP contribution in [0.5, 0.6) is 5.75 Å². The first kappa shape index (κ1) is 15.1. The molecule has 0 radical (unpaired) electrons. The summed E-state index contributed by atoms with van der Waals surface area (Å²) in [5.74, 6) is 1.27. The SMILES string of the molecule is COc1cccc(N2C3CCC(C(=O)C3)C2c2cccc(N)c2)c1. The van der Waals surface area contributed by atoms with E-state index in [9.17, 15) is 4.79 Å². The summed E-state index contributed by atoms with van der Waals surface area (Å²) in [4.78, 5) is 15.0. The van der Waals surface area contributed by atoms with Crippen LogP contribution in [0.3, 0.4) is 0 Å². The lowest BCUT2D eigenvalue weighted by atomic mass is 9.71. The van der Waals surface area contributed by atoms with E-state index in [1.54, 1.807) is 7.11 Å². The van der Waals surface area contributed by atoms with Crippen LogP contribution in [0.1, 0.15) is 30.9 Å². The van der Waals surface area contributed by atoms with Crippen LogP contribution in [0, 0.1) is 5.92 Å². The smallest absolute Gasteiger partial charge is 0.140 e. The van der Waals surface area contributed by atoms with E-state index in [4.69, 9.17) is 10.5 Å². The number of nitrogen functional groups attached to an aromatic ring is 1. The first-order chi connectivity index (χ1) is 11.7. The molecule has 1 aliphatic carbocycles. The van der Waals surface area contributed by atoms with Gasteiger partial charge in [-0.25, -0.2) is 0 Å². The van der Waals surface area contributed by atoms with E-state index in [2.05, 4.69) is 23.1 Å². The maximum atomic E-state index is 12.5. The van der Waals surface area contributed by atoms with Crippen molar-refractivity contribution in [1.29, 1.82) is 0 Å². The topological polar surface area (TPSA) is 55.6 Å². The van der Waals surface area contributed by atoms with Crippen molar-refractivity contribution >= 4 is 17.2 Å². The predicted molar refractivity (Wildman–Crippen MR) is 95.2 cm³/mol. The molecule has 0 aromatic heterocycles. The minimum Gasteiger partial charge on any atom is -0.497 e. The van der Waals surface area contributed by atoms with Gasteiger partial charge in [-0.3, -0.25) is 4.79 Å². The number of methoxy groups -OCH3 is 1. The Morgan fingerprint density at radius 3 is 2.71 bits per heavy atom. The minimum absolute atomic E-state index is 0.0444. The number of hydrogen-bond donors (Lipinski definition) is 1. The van der Waals surface area contributed by atoms with E-state index >= 15 is 0 Å². The number of piperidine rings is 2. The molecule has 3 atom stereocenters. The lowest BCUT2D eigenvalue weighted by molar-refractivity contribution is -0.128. The molecule has 2 bridgehead atoms. The van der Waals surface area contributed by atoms with Crippen LogP contribution < -0.4 is 15.4 Å². The van der Waals surface area contributed by atoms with Crippen LogP contribution in [0.25, 0.3) is 0 Å². The van der Waals surface area contributed by atoms with Crippen LogP contribution in [-0.4, -0.2) is 18.9 Å². The Bertz CT molecular complexity index is 774. The molecule has 3 fully saturated rings. The molecule has 3 unspecified atom stereocenters. The van der Waals surface area contributed by atoms with Crippen LogP contribution in [0.2, 0.25) is 0 Å². The second kappa shape index (κ2) is 5.86. The van der Waals surface area contributed by atoms with Gasteiger partial charge in [0.2, 0.25) is 0 Å². The number of nitrogens with two attached hydrogens (primary N) is 1. The highest BCUT2D eigenvalue weighted by Gasteiger charge is 2.47. The number of ether oxygens (including phenoxy) is 1. The molecule has 2 aliphatic heterocycles. The highest BCUT2D eigenvalue weighted by atomic mass is 16.5. The zero-order chi connectivity index (χ0) is 16.7. The van der Waals surface area contributed by atoms with E-state index in [0.29, 0.717) is 12.2 Å². The van der Waals surface area contributed by atoms with Crippen molar-refractivity contribution in [3.63, 3.8) is 0 Å². The number of ketones is 1. The van der Waals surface area contributed by atoms with Gasteiger partial charge in [-0.1, -0.05) is 18.2 Å². The number of carbonyl (C=O) groups is 1.